The lowest BCUT2D eigenvalue weighted by Gasteiger charge is -2.06. The third-order valence-corrected chi connectivity index (χ3v) is 3.13. The van der Waals surface area contributed by atoms with Gasteiger partial charge in [-0.3, -0.25) is 4.79 Å². The van der Waals surface area contributed by atoms with E-state index in [0.717, 1.165) is 18.4 Å². The summed E-state index contributed by atoms with van der Waals surface area (Å²) in [7, 11) is 0. The van der Waals surface area contributed by atoms with Crippen molar-refractivity contribution in [3.8, 4) is 11.4 Å². The molecule has 21 heavy (non-hydrogen) atoms. The minimum atomic E-state index is -4.36. The smallest absolute Gasteiger partial charge is 0.338 e. The van der Waals surface area contributed by atoms with Crippen LogP contribution in [0, 0.1) is 0 Å². The van der Waals surface area contributed by atoms with Crippen molar-refractivity contribution in [1.29, 1.82) is 0 Å². The summed E-state index contributed by atoms with van der Waals surface area (Å²) in [5.41, 5.74) is 1.66. The molecule has 0 fully saturated rings. The predicted molar refractivity (Wildman–Crippen MR) is 71.9 cm³/mol. The number of H-pyrrole nitrogens is 1. The summed E-state index contributed by atoms with van der Waals surface area (Å²) in [5, 5.41) is 0. The van der Waals surface area contributed by atoms with Gasteiger partial charge in [-0.05, 0) is 30.3 Å². The first-order valence-corrected chi connectivity index (χ1v) is 6.10. The van der Waals surface area contributed by atoms with Crippen LogP contribution in [0.2, 0.25) is 0 Å². The number of fused-ring (bicyclic) bond motifs is 1. The number of benzene rings is 2. The summed E-state index contributed by atoms with van der Waals surface area (Å²) >= 11 is 0. The number of aromatic nitrogens is 2. The quantitative estimate of drug-likeness (QED) is 0.723. The molecule has 0 aliphatic rings. The first kappa shape index (κ1) is 13.4. The highest BCUT2D eigenvalue weighted by Crippen LogP contribution is 2.30. The number of alkyl halides is 3. The largest absolute Gasteiger partial charge is 0.416 e. The molecule has 3 aromatic rings. The van der Waals surface area contributed by atoms with Crippen molar-refractivity contribution in [2.75, 3.05) is 0 Å². The van der Waals surface area contributed by atoms with Crippen LogP contribution in [0.25, 0.3) is 22.4 Å². The van der Waals surface area contributed by atoms with Gasteiger partial charge >= 0.3 is 6.18 Å². The molecule has 2 aromatic carbocycles. The Morgan fingerprint density at radius 2 is 1.76 bits per heavy atom. The first-order chi connectivity index (χ1) is 9.97. The van der Waals surface area contributed by atoms with Crippen molar-refractivity contribution < 1.29 is 18.0 Å². The average Bonchev–Trinajstić information content (AvgIpc) is 2.89. The summed E-state index contributed by atoms with van der Waals surface area (Å²) in [4.78, 5) is 18.0. The van der Waals surface area contributed by atoms with Crippen molar-refractivity contribution in [2.45, 2.75) is 6.18 Å². The van der Waals surface area contributed by atoms with Crippen LogP contribution in [-0.2, 0) is 6.18 Å². The Kier molecular flexibility index (Phi) is 3.01. The number of nitrogens with one attached hydrogen (secondary N) is 1. The van der Waals surface area contributed by atoms with Crippen LogP contribution in [0.1, 0.15) is 15.9 Å². The van der Waals surface area contributed by atoms with Crippen LogP contribution < -0.4 is 0 Å². The Morgan fingerprint density at radius 3 is 2.38 bits per heavy atom. The zero-order chi connectivity index (χ0) is 15.0. The number of rotatable bonds is 2. The van der Waals surface area contributed by atoms with E-state index < -0.39 is 11.7 Å². The third-order valence-electron chi connectivity index (χ3n) is 3.13. The van der Waals surface area contributed by atoms with E-state index in [2.05, 4.69) is 9.97 Å². The SMILES string of the molecule is O=Cc1ccc2nc(-c3ccc(C(F)(F)F)cc3)[nH]c2c1. The molecule has 3 nitrogen and oxygen atoms in total. The molecule has 106 valence electrons. The van der Waals surface area contributed by atoms with E-state index in [1.54, 1.807) is 18.2 Å². The van der Waals surface area contributed by atoms with Crippen molar-refractivity contribution in [3.05, 3.63) is 53.6 Å². The fraction of sp³-hybridized carbons (Fsp3) is 0.0667. The average molecular weight is 290 g/mol. The van der Waals surface area contributed by atoms with Gasteiger partial charge in [0, 0.05) is 11.1 Å². The highest BCUT2D eigenvalue weighted by atomic mass is 19.4. The molecule has 0 aliphatic carbocycles. The van der Waals surface area contributed by atoms with Gasteiger partial charge < -0.3 is 4.98 Å². The van der Waals surface area contributed by atoms with Gasteiger partial charge in [-0.25, -0.2) is 4.98 Å². The van der Waals surface area contributed by atoms with Crippen LogP contribution in [0.4, 0.5) is 13.2 Å². The lowest BCUT2D eigenvalue weighted by atomic mass is 10.1. The lowest BCUT2D eigenvalue weighted by molar-refractivity contribution is -0.137. The van der Waals surface area contributed by atoms with Crippen LogP contribution in [-0.4, -0.2) is 16.3 Å². The van der Waals surface area contributed by atoms with Gasteiger partial charge in [0.15, 0.2) is 0 Å². The molecule has 0 bridgehead atoms. The maximum Gasteiger partial charge on any atom is 0.416 e. The second-order valence-electron chi connectivity index (χ2n) is 4.55. The summed E-state index contributed by atoms with van der Waals surface area (Å²) in [6, 6.07) is 9.71. The summed E-state index contributed by atoms with van der Waals surface area (Å²) in [5.74, 6) is 0.460. The molecule has 6 heteroatoms. The molecule has 0 aliphatic heterocycles. The topological polar surface area (TPSA) is 45.8 Å². The molecule has 0 saturated heterocycles. The Hall–Kier alpha value is -2.63. The molecule has 0 amide bonds. The van der Waals surface area contributed by atoms with E-state index >= 15 is 0 Å². The van der Waals surface area contributed by atoms with Crippen LogP contribution in [0.5, 0.6) is 0 Å². The van der Waals surface area contributed by atoms with E-state index in [9.17, 15) is 18.0 Å². The van der Waals surface area contributed by atoms with Crippen LogP contribution in [0.15, 0.2) is 42.5 Å². The predicted octanol–water partition coefficient (Wildman–Crippen LogP) is 4.06. The first-order valence-electron chi connectivity index (χ1n) is 6.10. The lowest BCUT2D eigenvalue weighted by Crippen LogP contribution is -2.04. The number of carbonyl (C=O) groups is 1. The Balaban J connectivity index is 2.02. The summed E-state index contributed by atoms with van der Waals surface area (Å²) in [6.45, 7) is 0. The van der Waals surface area contributed by atoms with Gasteiger partial charge in [0.05, 0.1) is 16.6 Å². The highest BCUT2D eigenvalue weighted by molar-refractivity contribution is 5.86. The van der Waals surface area contributed by atoms with Crippen molar-refractivity contribution >= 4 is 17.3 Å². The highest BCUT2D eigenvalue weighted by Gasteiger charge is 2.30. The third kappa shape index (κ3) is 2.52. The molecule has 3 rings (SSSR count). The number of hydrogen-bond acceptors (Lipinski definition) is 2. The standard InChI is InChI=1S/C15H9F3N2O/c16-15(17,18)11-4-2-10(3-5-11)14-19-12-6-1-9(8-21)7-13(12)20-14/h1-8H,(H,19,20). The normalized spacial score (nSPS) is 11.8. The van der Waals surface area contributed by atoms with Gasteiger partial charge in [-0.1, -0.05) is 12.1 Å². The molecule has 0 saturated carbocycles. The zero-order valence-corrected chi connectivity index (χ0v) is 10.6. The zero-order valence-electron chi connectivity index (χ0n) is 10.6. The van der Waals surface area contributed by atoms with Gasteiger partial charge in [-0.15, -0.1) is 0 Å². The molecule has 1 aromatic heterocycles. The fourth-order valence-electron chi connectivity index (χ4n) is 2.05. The van der Waals surface area contributed by atoms with Gasteiger partial charge in [0.1, 0.15) is 12.1 Å². The molecule has 0 atom stereocenters. The van der Waals surface area contributed by atoms with Gasteiger partial charge in [0.2, 0.25) is 0 Å². The number of aldehydes is 1. The molecule has 1 heterocycles. The molecular weight excluding hydrogens is 281 g/mol. The molecule has 0 radical (unpaired) electrons. The van der Waals surface area contributed by atoms with E-state index in [1.807, 2.05) is 0 Å². The number of halogens is 3. The van der Waals surface area contributed by atoms with E-state index in [0.29, 0.717) is 28.0 Å². The van der Waals surface area contributed by atoms with E-state index in [4.69, 9.17) is 0 Å². The van der Waals surface area contributed by atoms with Crippen molar-refractivity contribution in [3.63, 3.8) is 0 Å². The maximum absolute atomic E-state index is 12.5. The molecular formula is C15H9F3N2O. The Bertz CT molecular complexity index is 804. The minimum Gasteiger partial charge on any atom is -0.338 e. The van der Waals surface area contributed by atoms with Crippen LogP contribution >= 0.6 is 0 Å². The van der Waals surface area contributed by atoms with Gasteiger partial charge in [-0.2, -0.15) is 13.2 Å². The van der Waals surface area contributed by atoms with Crippen molar-refractivity contribution in [2.24, 2.45) is 0 Å². The van der Waals surface area contributed by atoms with E-state index in [1.165, 1.54) is 12.1 Å². The monoisotopic (exact) mass is 290 g/mol. The maximum atomic E-state index is 12.5. The second kappa shape index (κ2) is 4.73. The minimum absolute atomic E-state index is 0.460. The Morgan fingerprint density at radius 1 is 1.05 bits per heavy atom. The fourth-order valence-corrected chi connectivity index (χ4v) is 2.05. The summed E-state index contributed by atoms with van der Waals surface area (Å²) < 4.78 is 37.5. The molecule has 1 N–H and O–H groups in total. The molecule has 0 unspecified atom stereocenters. The second-order valence-corrected chi connectivity index (χ2v) is 4.55. The molecule has 0 spiro atoms. The number of aromatic amines is 1. The number of imidazole rings is 1. The van der Waals surface area contributed by atoms with E-state index in [-0.39, 0.29) is 0 Å². The Labute approximate surface area is 117 Å². The van der Waals surface area contributed by atoms with Gasteiger partial charge in [0.25, 0.3) is 0 Å². The number of hydrogen-bond donors (Lipinski definition) is 1. The number of carbonyl (C=O) groups excluding carboxylic acids is 1. The van der Waals surface area contributed by atoms with Crippen LogP contribution in [0.3, 0.4) is 0 Å². The summed E-state index contributed by atoms with van der Waals surface area (Å²) in [6.07, 6.45) is -3.64. The van der Waals surface area contributed by atoms with Crippen molar-refractivity contribution in [1.82, 2.24) is 9.97 Å². The number of nitrogens with zero attached hydrogens (tertiary/aromatic N) is 1.